The van der Waals surface area contributed by atoms with Crippen LogP contribution in [0.15, 0.2) is 58.3 Å². The van der Waals surface area contributed by atoms with Crippen molar-refractivity contribution in [3.05, 3.63) is 48.5 Å². The molecule has 3 aromatic rings. The monoisotopic (exact) mass is 491 g/mol. The third-order valence-corrected chi connectivity index (χ3v) is 8.31. The first-order valence-corrected chi connectivity index (χ1v) is 14.0. The highest BCUT2D eigenvalue weighted by Crippen LogP contribution is 2.31. The van der Waals surface area contributed by atoms with Crippen LogP contribution in [-0.2, 0) is 19.4 Å². The van der Waals surface area contributed by atoms with E-state index in [9.17, 15) is 13.2 Å². The number of ether oxygens (including phenoxy) is 1. The van der Waals surface area contributed by atoms with Crippen LogP contribution in [0.1, 0.15) is 0 Å². The van der Waals surface area contributed by atoms with Gasteiger partial charge in [-0.25, -0.2) is 13.4 Å². The topological polar surface area (TPSA) is 79.8 Å². The SMILES string of the molecule is CS(=O)(=O)c1ccc2nc(N(CCN3CCOCC3)C(=O)CSc3ccccc3)sc2c1. The van der Waals surface area contributed by atoms with Crippen molar-refractivity contribution < 1.29 is 17.9 Å². The molecule has 32 heavy (non-hydrogen) atoms. The summed E-state index contributed by atoms with van der Waals surface area (Å²) in [4.78, 5) is 23.2. The Kier molecular flexibility index (Phi) is 7.47. The molecule has 0 atom stereocenters. The summed E-state index contributed by atoms with van der Waals surface area (Å²) in [5.74, 6) is 0.284. The van der Waals surface area contributed by atoms with Crippen LogP contribution in [0.2, 0.25) is 0 Å². The predicted octanol–water partition coefficient (Wildman–Crippen LogP) is 3.16. The number of sulfone groups is 1. The Labute approximate surface area is 196 Å². The van der Waals surface area contributed by atoms with E-state index in [0.717, 1.165) is 29.2 Å². The fraction of sp³-hybridized carbons (Fsp3) is 0.364. The smallest absolute Gasteiger partial charge is 0.239 e. The van der Waals surface area contributed by atoms with Crippen molar-refractivity contribution in [1.82, 2.24) is 9.88 Å². The zero-order valence-electron chi connectivity index (χ0n) is 17.8. The number of carbonyl (C=O) groups excluding carboxylic acids is 1. The van der Waals surface area contributed by atoms with Gasteiger partial charge in [-0.1, -0.05) is 29.5 Å². The molecule has 2 aromatic carbocycles. The molecule has 1 aliphatic rings. The second kappa shape index (κ2) is 10.3. The van der Waals surface area contributed by atoms with Crippen molar-refractivity contribution in [3.8, 4) is 0 Å². The van der Waals surface area contributed by atoms with Gasteiger partial charge < -0.3 is 4.74 Å². The molecular formula is C22H25N3O4S3. The van der Waals surface area contributed by atoms with Crippen LogP contribution in [0.5, 0.6) is 0 Å². The number of thiazole rings is 1. The van der Waals surface area contributed by atoms with Crippen molar-refractivity contribution in [2.24, 2.45) is 0 Å². The Morgan fingerprint density at radius 3 is 2.66 bits per heavy atom. The summed E-state index contributed by atoms with van der Waals surface area (Å²) < 4.78 is 30.0. The van der Waals surface area contributed by atoms with E-state index >= 15 is 0 Å². The minimum absolute atomic E-state index is 0.0190. The Morgan fingerprint density at radius 2 is 1.94 bits per heavy atom. The largest absolute Gasteiger partial charge is 0.379 e. The zero-order chi connectivity index (χ0) is 22.6. The highest BCUT2D eigenvalue weighted by atomic mass is 32.2. The molecule has 0 spiro atoms. The zero-order valence-corrected chi connectivity index (χ0v) is 20.2. The fourth-order valence-electron chi connectivity index (χ4n) is 3.37. The van der Waals surface area contributed by atoms with Gasteiger partial charge in [0, 0.05) is 37.3 Å². The van der Waals surface area contributed by atoms with E-state index in [1.165, 1.54) is 29.4 Å². The lowest BCUT2D eigenvalue weighted by Gasteiger charge is -2.29. The summed E-state index contributed by atoms with van der Waals surface area (Å²) in [6.07, 6.45) is 1.19. The minimum atomic E-state index is -3.31. The lowest BCUT2D eigenvalue weighted by Crippen LogP contribution is -2.43. The Hall–Kier alpha value is -1.98. The van der Waals surface area contributed by atoms with Gasteiger partial charge in [0.15, 0.2) is 15.0 Å². The number of morpholine rings is 1. The van der Waals surface area contributed by atoms with Crippen LogP contribution in [0.25, 0.3) is 10.2 Å². The van der Waals surface area contributed by atoms with Crippen LogP contribution in [0.3, 0.4) is 0 Å². The van der Waals surface area contributed by atoms with E-state index < -0.39 is 9.84 Å². The summed E-state index contributed by atoms with van der Waals surface area (Å²) in [5, 5.41) is 0.595. The molecule has 7 nitrogen and oxygen atoms in total. The molecule has 4 rings (SSSR count). The standard InChI is InChI=1S/C22H25N3O4S3/c1-32(27,28)18-7-8-19-20(15-18)31-22(23-19)25(10-9-24-11-13-29-14-12-24)21(26)16-30-17-5-3-2-4-6-17/h2-8,15H,9-14,16H2,1H3. The maximum Gasteiger partial charge on any atom is 0.239 e. The highest BCUT2D eigenvalue weighted by Gasteiger charge is 2.22. The van der Waals surface area contributed by atoms with Gasteiger partial charge in [0.1, 0.15) is 0 Å². The number of thioether (sulfide) groups is 1. The second-order valence-corrected chi connectivity index (χ2v) is 11.6. The van der Waals surface area contributed by atoms with E-state index in [1.807, 2.05) is 30.3 Å². The molecule has 1 aliphatic heterocycles. The molecule has 0 unspecified atom stereocenters. The molecule has 2 heterocycles. The second-order valence-electron chi connectivity index (χ2n) is 7.50. The van der Waals surface area contributed by atoms with Crippen molar-refractivity contribution >= 4 is 54.2 Å². The minimum Gasteiger partial charge on any atom is -0.379 e. The normalized spacial score (nSPS) is 15.2. The Morgan fingerprint density at radius 1 is 1.19 bits per heavy atom. The number of benzene rings is 2. The molecule has 1 fully saturated rings. The van der Waals surface area contributed by atoms with Crippen molar-refractivity contribution in [2.45, 2.75) is 9.79 Å². The summed E-state index contributed by atoms with van der Waals surface area (Å²) in [6.45, 7) is 4.35. The first kappa shape index (κ1) is 23.2. The number of hydrogen-bond donors (Lipinski definition) is 0. The molecule has 1 saturated heterocycles. The fourth-order valence-corrected chi connectivity index (χ4v) is 5.94. The van der Waals surface area contributed by atoms with Crippen LogP contribution in [0.4, 0.5) is 5.13 Å². The highest BCUT2D eigenvalue weighted by molar-refractivity contribution is 8.00. The van der Waals surface area contributed by atoms with Crippen LogP contribution < -0.4 is 4.90 Å². The first-order chi connectivity index (χ1) is 15.4. The van der Waals surface area contributed by atoms with E-state index in [0.29, 0.717) is 36.2 Å². The summed E-state index contributed by atoms with van der Waals surface area (Å²) >= 11 is 2.85. The van der Waals surface area contributed by atoms with Crippen molar-refractivity contribution in [3.63, 3.8) is 0 Å². The van der Waals surface area contributed by atoms with E-state index in [2.05, 4.69) is 9.88 Å². The third-order valence-electron chi connectivity index (χ3n) is 5.16. The molecule has 1 amide bonds. The molecule has 1 aromatic heterocycles. The number of aromatic nitrogens is 1. The van der Waals surface area contributed by atoms with Gasteiger partial charge in [-0.2, -0.15) is 0 Å². The molecule has 0 N–H and O–H groups in total. The number of amides is 1. The predicted molar refractivity (Wildman–Crippen MR) is 130 cm³/mol. The van der Waals surface area contributed by atoms with Gasteiger partial charge in [-0.3, -0.25) is 14.6 Å². The number of hydrogen-bond acceptors (Lipinski definition) is 8. The lowest BCUT2D eigenvalue weighted by atomic mass is 10.3. The molecule has 0 aliphatic carbocycles. The summed E-state index contributed by atoms with van der Waals surface area (Å²) in [7, 11) is -3.31. The Balaban J connectivity index is 1.56. The third kappa shape index (κ3) is 5.87. The van der Waals surface area contributed by atoms with Gasteiger partial charge >= 0.3 is 0 Å². The van der Waals surface area contributed by atoms with Crippen LogP contribution >= 0.6 is 23.1 Å². The Bertz CT molecular complexity index is 1180. The average molecular weight is 492 g/mol. The van der Waals surface area contributed by atoms with Gasteiger partial charge in [-0.05, 0) is 30.3 Å². The van der Waals surface area contributed by atoms with E-state index in [4.69, 9.17) is 4.74 Å². The maximum atomic E-state index is 13.2. The van der Waals surface area contributed by atoms with Crippen LogP contribution in [-0.4, -0.2) is 75.6 Å². The van der Waals surface area contributed by atoms with Gasteiger partial charge in [0.25, 0.3) is 0 Å². The number of rotatable bonds is 8. The molecule has 170 valence electrons. The number of fused-ring (bicyclic) bond motifs is 1. The summed E-state index contributed by atoms with van der Waals surface area (Å²) in [6, 6.07) is 14.7. The maximum absolute atomic E-state index is 13.2. The van der Waals surface area contributed by atoms with Crippen molar-refractivity contribution in [2.75, 3.05) is 56.3 Å². The number of carbonyl (C=O) groups is 1. The van der Waals surface area contributed by atoms with Gasteiger partial charge in [-0.15, -0.1) is 11.8 Å². The average Bonchev–Trinajstić information content (AvgIpc) is 3.21. The first-order valence-electron chi connectivity index (χ1n) is 10.3. The molecule has 0 bridgehead atoms. The van der Waals surface area contributed by atoms with Crippen LogP contribution in [0, 0.1) is 0 Å². The molecule has 10 heteroatoms. The van der Waals surface area contributed by atoms with Crippen molar-refractivity contribution in [1.29, 1.82) is 0 Å². The molecular weight excluding hydrogens is 466 g/mol. The lowest BCUT2D eigenvalue weighted by molar-refractivity contribution is -0.116. The van der Waals surface area contributed by atoms with E-state index in [-0.39, 0.29) is 10.8 Å². The molecule has 0 radical (unpaired) electrons. The molecule has 0 saturated carbocycles. The van der Waals surface area contributed by atoms with Gasteiger partial charge in [0.2, 0.25) is 5.91 Å². The number of nitrogens with zero attached hydrogens (tertiary/aromatic N) is 3. The number of anilines is 1. The summed E-state index contributed by atoms with van der Waals surface area (Å²) in [5.41, 5.74) is 0.692. The van der Waals surface area contributed by atoms with E-state index in [1.54, 1.807) is 23.1 Å². The van der Waals surface area contributed by atoms with Gasteiger partial charge in [0.05, 0.1) is 34.1 Å². The quantitative estimate of drug-likeness (QED) is 0.448.